The number of hydrogen-bond donors (Lipinski definition) is 3. The summed E-state index contributed by atoms with van der Waals surface area (Å²) >= 11 is 0. The molecule has 9 nitrogen and oxygen atoms in total. The minimum absolute atomic E-state index is 0.140. The van der Waals surface area contributed by atoms with E-state index in [0.29, 0.717) is 30.6 Å². The molecule has 1 aliphatic rings. The fourth-order valence-corrected chi connectivity index (χ4v) is 7.21. The summed E-state index contributed by atoms with van der Waals surface area (Å²) in [6.07, 6.45) is -0.395. The number of sulfonamides is 1. The number of amides is 2. The number of nitrogens with one attached hydrogen (secondary N) is 2. The number of carbonyl (C=O) groups excluding carboxylic acids is 2. The van der Waals surface area contributed by atoms with E-state index in [-0.39, 0.29) is 35.5 Å². The summed E-state index contributed by atoms with van der Waals surface area (Å²) in [4.78, 5) is 22.9. The molecule has 1 atom stereocenters. The molecule has 1 aliphatic heterocycles. The van der Waals surface area contributed by atoms with Crippen LogP contribution in [0, 0.1) is 17.5 Å². The van der Waals surface area contributed by atoms with Crippen molar-refractivity contribution in [3.8, 4) is 0 Å². The van der Waals surface area contributed by atoms with Gasteiger partial charge in [0.25, 0.3) is 0 Å². The topological polar surface area (TPSA) is 131 Å². The molecule has 0 radical (unpaired) electrons. The molecular formula is C35H37F3N4O5S. The number of halogens is 3. The maximum Gasteiger partial charge on any atom is 0.404 e. The van der Waals surface area contributed by atoms with Gasteiger partial charge in [-0.1, -0.05) is 48.5 Å². The molecule has 0 bridgehead atoms. The van der Waals surface area contributed by atoms with Crippen molar-refractivity contribution in [1.29, 1.82) is 0 Å². The van der Waals surface area contributed by atoms with E-state index in [2.05, 4.69) is 21.1 Å². The van der Waals surface area contributed by atoms with Crippen molar-refractivity contribution in [1.82, 2.24) is 9.62 Å². The number of anilines is 1. The molecule has 4 aromatic carbocycles. The summed E-state index contributed by atoms with van der Waals surface area (Å²) in [5, 5.41) is 6.02. The van der Waals surface area contributed by atoms with Crippen molar-refractivity contribution in [3.63, 3.8) is 0 Å². The first-order valence-electron chi connectivity index (χ1n) is 15.2. The molecule has 13 heteroatoms. The van der Waals surface area contributed by atoms with E-state index in [1.54, 1.807) is 48.5 Å². The second-order valence-corrected chi connectivity index (χ2v) is 12.9. The fraction of sp³-hybridized carbons (Fsp3) is 0.257. The third-order valence-corrected chi connectivity index (χ3v) is 9.83. The lowest BCUT2D eigenvalue weighted by Crippen LogP contribution is -2.53. The Bertz CT molecular complexity index is 1770. The zero-order chi connectivity index (χ0) is 34.7. The third-order valence-electron chi connectivity index (χ3n) is 7.86. The number of benzene rings is 4. The molecule has 1 heterocycles. The smallest absolute Gasteiger partial charge is 0.404 e. The minimum Gasteiger partial charge on any atom is -0.453 e. The van der Waals surface area contributed by atoms with Gasteiger partial charge < -0.3 is 21.1 Å². The summed E-state index contributed by atoms with van der Waals surface area (Å²) in [6, 6.07) is 23.8. The van der Waals surface area contributed by atoms with Crippen molar-refractivity contribution in [2.75, 3.05) is 32.1 Å². The van der Waals surface area contributed by atoms with Crippen molar-refractivity contribution < 1.29 is 35.9 Å². The highest BCUT2D eigenvalue weighted by Gasteiger charge is 2.33. The van der Waals surface area contributed by atoms with Gasteiger partial charge in [-0.2, -0.15) is 4.31 Å². The Morgan fingerprint density at radius 3 is 2.12 bits per heavy atom. The zero-order valence-corrected chi connectivity index (χ0v) is 27.1. The quantitative estimate of drug-likeness (QED) is 0.201. The lowest BCUT2D eigenvalue weighted by molar-refractivity contribution is -0.116. The normalized spacial score (nSPS) is 14.9. The van der Waals surface area contributed by atoms with Crippen molar-refractivity contribution in [3.05, 3.63) is 131 Å². The van der Waals surface area contributed by atoms with Crippen LogP contribution in [0.1, 0.15) is 35.4 Å². The van der Waals surface area contributed by atoms with Gasteiger partial charge in [0, 0.05) is 49.3 Å². The molecule has 2 amide bonds. The third kappa shape index (κ3) is 9.66. The number of nitrogens with zero attached hydrogens (tertiary/aromatic N) is 1. The van der Waals surface area contributed by atoms with Gasteiger partial charge in [-0.3, -0.25) is 4.79 Å². The molecule has 1 fully saturated rings. The Morgan fingerprint density at radius 1 is 0.938 bits per heavy atom. The number of rotatable bonds is 10. The maximum atomic E-state index is 15.1. The first kappa shape index (κ1) is 36.1. The molecule has 1 saturated heterocycles. The highest BCUT2D eigenvalue weighted by atomic mass is 32.2. The number of primary amides is 1. The number of methoxy groups -OCH3 is 1. The Balaban J connectivity index is 0.000000968. The van der Waals surface area contributed by atoms with Gasteiger partial charge >= 0.3 is 6.09 Å². The number of piperazine rings is 1. The highest BCUT2D eigenvalue weighted by molar-refractivity contribution is 7.89. The summed E-state index contributed by atoms with van der Waals surface area (Å²) in [5.74, 6) is -2.59. The molecule has 4 N–H and O–H groups in total. The molecule has 254 valence electrons. The van der Waals surface area contributed by atoms with Crippen molar-refractivity contribution in [2.45, 2.75) is 36.1 Å². The van der Waals surface area contributed by atoms with Crippen LogP contribution in [-0.4, -0.2) is 57.5 Å². The Hall–Kier alpha value is -4.72. The summed E-state index contributed by atoms with van der Waals surface area (Å²) in [5.41, 5.74) is 5.96. The van der Waals surface area contributed by atoms with E-state index in [4.69, 9.17) is 0 Å². The SMILES string of the molecule is COC(N)=O.O=C(CC(c1cccc(F)c1)c1cccc(F)c1)Nc1cccc(F)c1CC[C@H]1CNCCN1S(=O)(=O)c1ccccc1. The molecule has 0 spiro atoms. The number of carbonyl (C=O) groups is 2. The van der Waals surface area contributed by atoms with E-state index >= 15 is 4.39 Å². The molecule has 0 aliphatic carbocycles. The van der Waals surface area contributed by atoms with Gasteiger partial charge in [0.1, 0.15) is 17.5 Å². The Morgan fingerprint density at radius 2 is 1.54 bits per heavy atom. The Labute approximate surface area is 278 Å². The predicted molar refractivity (Wildman–Crippen MR) is 176 cm³/mol. The summed E-state index contributed by atoms with van der Waals surface area (Å²) in [7, 11) is -2.53. The van der Waals surface area contributed by atoms with Gasteiger partial charge in [-0.15, -0.1) is 0 Å². The van der Waals surface area contributed by atoms with E-state index in [1.807, 2.05) is 0 Å². The zero-order valence-electron chi connectivity index (χ0n) is 26.2. The molecule has 0 unspecified atom stereocenters. The van der Waals surface area contributed by atoms with Gasteiger partial charge in [0.05, 0.1) is 12.0 Å². The van der Waals surface area contributed by atoms with Crippen LogP contribution < -0.4 is 16.4 Å². The van der Waals surface area contributed by atoms with Gasteiger partial charge in [-0.25, -0.2) is 26.4 Å². The van der Waals surface area contributed by atoms with Crippen LogP contribution >= 0.6 is 0 Å². The summed E-state index contributed by atoms with van der Waals surface area (Å²) < 4.78 is 75.4. The van der Waals surface area contributed by atoms with Crippen LogP contribution in [-0.2, 0) is 26.0 Å². The lowest BCUT2D eigenvalue weighted by Gasteiger charge is -2.35. The second-order valence-electron chi connectivity index (χ2n) is 11.0. The average molecular weight is 683 g/mol. The first-order valence-corrected chi connectivity index (χ1v) is 16.6. The van der Waals surface area contributed by atoms with E-state index < -0.39 is 51.4 Å². The monoisotopic (exact) mass is 682 g/mol. The number of hydrogen-bond acceptors (Lipinski definition) is 6. The lowest BCUT2D eigenvalue weighted by atomic mass is 9.88. The van der Waals surface area contributed by atoms with Crippen LogP contribution in [0.25, 0.3) is 0 Å². The van der Waals surface area contributed by atoms with E-state index in [0.717, 1.165) is 0 Å². The van der Waals surface area contributed by atoms with Crippen LogP contribution in [0.2, 0.25) is 0 Å². The maximum absolute atomic E-state index is 15.1. The number of nitrogens with two attached hydrogens (primary N) is 1. The van der Waals surface area contributed by atoms with Crippen LogP contribution in [0.4, 0.5) is 23.7 Å². The van der Waals surface area contributed by atoms with Gasteiger partial charge in [-0.05, 0) is 72.5 Å². The van der Waals surface area contributed by atoms with Crippen LogP contribution in [0.3, 0.4) is 0 Å². The van der Waals surface area contributed by atoms with Crippen molar-refractivity contribution in [2.24, 2.45) is 5.73 Å². The predicted octanol–water partition coefficient (Wildman–Crippen LogP) is 5.57. The molecular weight excluding hydrogens is 645 g/mol. The molecule has 0 aromatic heterocycles. The van der Waals surface area contributed by atoms with Crippen LogP contribution in [0.5, 0.6) is 0 Å². The minimum atomic E-state index is -3.75. The van der Waals surface area contributed by atoms with Crippen molar-refractivity contribution >= 4 is 27.7 Å². The fourth-order valence-electron chi connectivity index (χ4n) is 5.53. The van der Waals surface area contributed by atoms with Gasteiger partial charge in [0.2, 0.25) is 15.9 Å². The Kier molecular flexibility index (Phi) is 12.7. The first-order chi connectivity index (χ1) is 23.0. The molecule has 5 rings (SSSR count). The van der Waals surface area contributed by atoms with Gasteiger partial charge in [0.15, 0.2) is 0 Å². The average Bonchev–Trinajstić information content (AvgIpc) is 3.07. The van der Waals surface area contributed by atoms with E-state index in [1.165, 1.54) is 59.9 Å². The highest BCUT2D eigenvalue weighted by Crippen LogP contribution is 2.31. The largest absolute Gasteiger partial charge is 0.453 e. The standard InChI is InChI=1S/C33H32F3N3O3S.C2H5NO2/c34-25-9-4-7-23(19-25)30(24-8-5-10-26(35)20-24)21-33(40)38-32-14-6-13-31(36)29(32)16-15-27-22-37-17-18-39(27)43(41,42)28-11-2-1-3-12-28;1-5-2(3)4/h1-14,19-20,27,30,37H,15-18,21-22H2,(H,38,40);1H3,(H2,3,4)/t27-;/m0./s1. The van der Waals surface area contributed by atoms with Crippen LogP contribution in [0.15, 0.2) is 102 Å². The van der Waals surface area contributed by atoms with E-state index in [9.17, 15) is 26.8 Å². The molecule has 48 heavy (non-hydrogen) atoms. The number of ether oxygens (including phenoxy) is 1. The second kappa shape index (κ2) is 16.9. The summed E-state index contributed by atoms with van der Waals surface area (Å²) in [6.45, 7) is 1.19. The molecule has 4 aromatic rings. The molecule has 0 saturated carbocycles.